The third-order valence-corrected chi connectivity index (χ3v) is 4.87. The van der Waals surface area contributed by atoms with Crippen LogP contribution in [0.2, 0.25) is 0 Å². The van der Waals surface area contributed by atoms with Crippen LogP contribution in [0.1, 0.15) is 34.0 Å². The Morgan fingerprint density at radius 3 is 2.43 bits per heavy atom. The number of carbonyl (C=O) groups is 2. The lowest BCUT2D eigenvalue weighted by atomic mass is 10.1. The summed E-state index contributed by atoms with van der Waals surface area (Å²) in [6.45, 7) is 4.73. The molecule has 30 heavy (non-hydrogen) atoms. The van der Waals surface area contributed by atoms with Gasteiger partial charge in [-0.25, -0.2) is 0 Å². The van der Waals surface area contributed by atoms with Gasteiger partial charge in [0.2, 0.25) is 5.91 Å². The number of aryl methyl sites for hydroxylation is 2. The molecule has 3 N–H and O–H groups in total. The minimum atomic E-state index is -0.180. The highest BCUT2D eigenvalue weighted by atomic mass is 16.2. The van der Waals surface area contributed by atoms with Crippen molar-refractivity contribution in [2.45, 2.75) is 26.8 Å². The van der Waals surface area contributed by atoms with E-state index < -0.39 is 0 Å². The predicted octanol–water partition coefficient (Wildman–Crippen LogP) is 4.54. The van der Waals surface area contributed by atoms with Gasteiger partial charge >= 0.3 is 0 Å². The molecular weight excluding hydrogens is 374 g/mol. The Labute approximate surface area is 177 Å². The molecule has 5 heteroatoms. The first-order valence-electron chi connectivity index (χ1n) is 10.1. The van der Waals surface area contributed by atoms with Gasteiger partial charge in [0.15, 0.2) is 0 Å². The minimum absolute atomic E-state index is 0.155. The Balaban J connectivity index is 1.57. The molecule has 0 saturated carbocycles. The van der Waals surface area contributed by atoms with E-state index in [1.807, 2.05) is 49.4 Å². The van der Waals surface area contributed by atoms with Crippen LogP contribution < -0.4 is 16.0 Å². The standard InChI is InChI=1S/C25H27N3O2/c1-3-20-12-7-9-18(2)24(20)26-17-23(29)28-22-14-8-13-21(15-22)25(30)27-16-19-10-5-4-6-11-19/h4-15,26H,3,16-17H2,1-2H3,(H,27,30)(H,28,29). The highest BCUT2D eigenvalue weighted by Gasteiger charge is 2.09. The van der Waals surface area contributed by atoms with Crippen LogP contribution in [0.25, 0.3) is 0 Å². The number of rotatable bonds is 8. The van der Waals surface area contributed by atoms with Crippen molar-refractivity contribution in [3.05, 3.63) is 95.1 Å². The molecule has 5 nitrogen and oxygen atoms in total. The minimum Gasteiger partial charge on any atom is -0.376 e. The second-order valence-corrected chi connectivity index (χ2v) is 7.11. The zero-order chi connectivity index (χ0) is 21.3. The Hall–Kier alpha value is -3.60. The van der Waals surface area contributed by atoms with E-state index in [0.29, 0.717) is 17.8 Å². The van der Waals surface area contributed by atoms with Gasteiger partial charge in [-0.1, -0.05) is 61.5 Å². The molecule has 0 radical (unpaired) electrons. The van der Waals surface area contributed by atoms with E-state index in [2.05, 4.69) is 28.9 Å². The zero-order valence-electron chi connectivity index (χ0n) is 17.4. The Morgan fingerprint density at radius 2 is 1.67 bits per heavy atom. The first-order chi connectivity index (χ1) is 14.6. The van der Waals surface area contributed by atoms with Gasteiger partial charge in [0.1, 0.15) is 0 Å². The van der Waals surface area contributed by atoms with Crippen LogP contribution in [0, 0.1) is 6.92 Å². The van der Waals surface area contributed by atoms with E-state index in [-0.39, 0.29) is 18.4 Å². The molecule has 0 fully saturated rings. The van der Waals surface area contributed by atoms with E-state index in [0.717, 1.165) is 23.2 Å². The SMILES string of the molecule is CCc1cccc(C)c1NCC(=O)Nc1cccc(C(=O)NCc2ccccc2)c1. The maximum atomic E-state index is 12.4. The summed E-state index contributed by atoms with van der Waals surface area (Å²) in [4.78, 5) is 24.9. The maximum absolute atomic E-state index is 12.4. The van der Waals surface area contributed by atoms with E-state index >= 15 is 0 Å². The van der Waals surface area contributed by atoms with Crippen LogP contribution in [0.4, 0.5) is 11.4 Å². The highest BCUT2D eigenvalue weighted by molar-refractivity contribution is 5.98. The van der Waals surface area contributed by atoms with E-state index in [1.54, 1.807) is 24.3 Å². The smallest absolute Gasteiger partial charge is 0.251 e. The average Bonchev–Trinajstić information content (AvgIpc) is 2.77. The molecule has 0 heterocycles. The number of anilines is 2. The Bertz CT molecular complexity index is 1020. The van der Waals surface area contributed by atoms with Gasteiger partial charge in [-0.3, -0.25) is 9.59 Å². The van der Waals surface area contributed by atoms with Crippen molar-refractivity contribution in [1.82, 2.24) is 5.32 Å². The third-order valence-electron chi connectivity index (χ3n) is 4.87. The van der Waals surface area contributed by atoms with E-state index in [9.17, 15) is 9.59 Å². The summed E-state index contributed by atoms with van der Waals surface area (Å²) in [5.74, 6) is -0.345. The molecule has 0 aliphatic rings. The van der Waals surface area contributed by atoms with Crippen LogP contribution in [-0.2, 0) is 17.8 Å². The lowest BCUT2D eigenvalue weighted by molar-refractivity contribution is -0.114. The first kappa shape index (κ1) is 21.1. The molecule has 0 spiro atoms. The van der Waals surface area contributed by atoms with E-state index in [4.69, 9.17) is 0 Å². The Morgan fingerprint density at radius 1 is 0.900 bits per heavy atom. The average molecular weight is 402 g/mol. The topological polar surface area (TPSA) is 70.2 Å². The summed E-state index contributed by atoms with van der Waals surface area (Å²) in [5, 5.41) is 8.99. The molecule has 0 aromatic heterocycles. The van der Waals surface area contributed by atoms with Crippen molar-refractivity contribution < 1.29 is 9.59 Å². The second-order valence-electron chi connectivity index (χ2n) is 7.11. The van der Waals surface area contributed by atoms with Crippen LogP contribution in [0.15, 0.2) is 72.8 Å². The summed E-state index contributed by atoms with van der Waals surface area (Å²) >= 11 is 0. The lowest BCUT2D eigenvalue weighted by Crippen LogP contribution is -2.24. The normalized spacial score (nSPS) is 10.3. The van der Waals surface area contributed by atoms with Gasteiger partial charge in [0.25, 0.3) is 5.91 Å². The number of amides is 2. The number of para-hydroxylation sites is 1. The van der Waals surface area contributed by atoms with Gasteiger partial charge < -0.3 is 16.0 Å². The van der Waals surface area contributed by atoms with Gasteiger partial charge in [0.05, 0.1) is 6.54 Å². The van der Waals surface area contributed by atoms with Crippen molar-refractivity contribution in [3.63, 3.8) is 0 Å². The predicted molar refractivity (Wildman–Crippen MR) is 122 cm³/mol. The molecular formula is C25H27N3O2. The fraction of sp³-hybridized carbons (Fsp3) is 0.200. The quantitative estimate of drug-likeness (QED) is 0.519. The van der Waals surface area contributed by atoms with Gasteiger partial charge in [-0.2, -0.15) is 0 Å². The van der Waals surface area contributed by atoms with Crippen molar-refractivity contribution in [2.75, 3.05) is 17.2 Å². The summed E-state index contributed by atoms with van der Waals surface area (Å²) in [6.07, 6.45) is 0.895. The van der Waals surface area contributed by atoms with Crippen molar-refractivity contribution in [3.8, 4) is 0 Å². The largest absolute Gasteiger partial charge is 0.376 e. The third kappa shape index (κ3) is 5.70. The highest BCUT2D eigenvalue weighted by Crippen LogP contribution is 2.20. The Kier molecular flexibility index (Phi) is 7.22. The molecule has 3 aromatic carbocycles. The molecule has 154 valence electrons. The van der Waals surface area contributed by atoms with Crippen molar-refractivity contribution >= 4 is 23.2 Å². The molecule has 0 atom stereocenters. The summed E-state index contributed by atoms with van der Waals surface area (Å²) < 4.78 is 0. The van der Waals surface area contributed by atoms with Crippen LogP contribution in [0.5, 0.6) is 0 Å². The molecule has 0 saturated heterocycles. The van der Waals surface area contributed by atoms with Crippen LogP contribution in [-0.4, -0.2) is 18.4 Å². The monoisotopic (exact) mass is 401 g/mol. The molecule has 3 aromatic rings. The number of hydrogen-bond acceptors (Lipinski definition) is 3. The summed E-state index contributed by atoms with van der Waals surface area (Å²) in [6, 6.07) is 22.8. The molecule has 0 aliphatic carbocycles. The first-order valence-corrected chi connectivity index (χ1v) is 10.1. The van der Waals surface area contributed by atoms with Gasteiger partial charge in [-0.15, -0.1) is 0 Å². The molecule has 3 rings (SSSR count). The molecule has 0 aliphatic heterocycles. The number of hydrogen-bond donors (Lipinski definition) is 3. The maximum Gasteiger partial charge on any atom is 0.251 e. The second kappa shape index (κ2) is 10.3. The number of benzene rings is 3. The molecule has 0 unspecified atom stereocenters. The van der Waals surface area contributed by atoms with Crippen molar-refractivity contribution in [2.24, 2.45) is 0 Å². The fourth-order valence-electron chi connectivity index (χ4n) is 3.27. The van der Waals surface area contributed by atoms with E-state index in [1.165, 1.54) is 5.56 Å². The summed E-state index contributed by atoms with van der Waals surface area (Å²) in [5.41, 5.74) is 5.42. The fourth-order valence-corrected chi connectivity index (χ4v) is 3.27. The lowest BCUT2D eigenvalue weighted by Gasteiger charge is -2.14. The van der Waals surface area contributed by atoms with Crippen LogP contribution in [0.3, 0.4) is 0 Å². The van der Waals surface area contributed by atoms with Gasteiger partial charge in [-0.05, 0) is 48.2 Å². The zero-order valence-corrected chi connectivity index (χ0v) is 17.4. The number of nitrogens with one attached hydrogen (secondary N) is 3. The summed E-state index contributed by atoms with van der Waals surface area (Å²) in [7, 11) is 0. The molecule has 0 bridgehead atoms. The molecule has 2 amide bonds. The van der Waals surface area contributed by atoms with Gasteiger partial charge in [0, 0.05) is 23.5 Å². The number of carbonyl (C=O) groups excluding carboxylic acids is 2. The van der Waals surface area contributed by atoms with Crippen molar-refractivity contribution in [1.29, 1.82) is 0 Å². The van der Waals surface area contributed by atoms with Crippen LogP contribution >= 0.6 is 0 Å².